The second-order valence-corrected chi connectivity index (χ2v) is 7.30. The number of aromatic nitrogens is 2. The largest absolute Gasteiger partial charge is 0.497 e. The van der Waals surface area contributed by atoms with Gasteiger partial charge in [-0.1, -0.05) is 30.3 Å². The van der Waals surface area contributed by atoms with E-state index in [4.69, 9.17) is 4.74 Å². The quantitative estimate of drug-likeness (QED) is 0.500. The van der Waals surface area contributed by atoms with Gasteiger partial charge in [-0.2, -0.15) is 5.10 Å². The van der Waals surface area contributed by atoms with Crippen molar-refractivity contribution in [2.24, 2.45) is 0 Å². The van der Waals surface area contributed by atoms with Crippen molar-refractivity contribution in [3.8, 4) is 5.75 Å². The molecule has 0 saturated heterocycles. The van der Waals surface area contributed by atoms with E-state index < -0.39 is 5.97 Å². The highest BCUT2D eigenvalue weighted by molar-refractivity contribution is 5.81. The van der Waals surface area contributed by atoms with E-state index in [1.807, 2.05) is 41.9 Å². The first-order valence-electron chi connectivity index (χ1n) is 10.0. The first-order chi connectivity index (χ1) is 14.5. The number of hydrogen-bond donors (Lipinski definition) is 2. The molecule has 1 heterocycles. The molecule has 0 aliphatic heterocycles. The van der Waals surface area contributed by atoms with Crippen molar-refractivity contribution in [3.05, 3.63) is 59.8 Å². The smallest absolute Gasteiger partial charge is 0.303 e. The van der Waals surface area contributed by atoms with Gasteiger partial charge in [0.2, 0.25) is 5.91 Å². The first-order valence-corrected chi connectivity index (χ1v) is 10.0. The summed E-state index contributed by atoms with van der Waals surface area (Å²) >= 11 is 0. The fourth-order valence-electron chi connectivity index (χ4n) is 3.61. The summed E-state index contributed by atoms with van der Waals surface area (Å²) < 4.78 is 7.10. The summed E-state index contributed by atoms with van der Waals surface area (Å²) in [6.45, 7) is 3.20. The number of fused-ring (bicyclic) bond motifs is 1. The number of methoxy groups -OCH3 is 1. The Kier molecular flexibility index (Phi) is 7.06. The van der Waals surface area contributed by atoms with E-state index in [0.717, 1.165) is 28.6 Å². The van der Waals surface area contributed by atoms with E-state index in [2.05, 4.69) is 16.5 Å². The molecule has 0 saturated carbocycles. The van der Waals surface area contributed by atoms with Crippen LogP contribution in [-0.2, 0) is 16.1 Å². The Hall–Kier alpha value is -3.35. The lowest BCUT2D eigenvalue weighted by Gasteiger charge is -2.16. The number of benzene rings is 2. The maximum absolute atomic E-state index is 12.4. The maximum atomic E-state index is 12.4. The van der Waals surface area contributed by atoms with E-state index >= 15 is 0 Å². The Morgan fingerprint density at radius 1 is 1.13 bits per heavy atom. The van der Waals surface area contributed by atoms with Crippen LogP contribution in [0.25, 0.3) is 10.9 Å². The maximum Gasteiger partial charge on any atom is 0.303 e. The highest BCUT2D eigenvalue weighted by Gasteiger charge is 2.19. The lowest BCUT2D eigenvalue weighted by atomic mass is 9.92. The van der Waals surface area contributed by atoms with Gasteiger partial charge in [0.25, 0.3) is 0 Å². The Morgan fingerprint density at radius 2 is 1.87 bits per heavy atom. The third-order valence-electron chi connectivity index (χ3n) is 5.15. The van der Waals surface area contributed by atoms with Crippen molar-refractivity contribution in [3.63, 3.8) is 0 Å². The van der Waals surface area contributed by atoms with E-state index in [0.29, 0.717) is 18.8 Å². The number of nitrogens with one attached hydrogen (secondary N) is 1. The number of carbonyl (C=O) groups excluding carboxylic acids is 1. The molecule has 0 aliphatic carbocycles. The fourth-order valence-corrected chi connectivity index (χ4v) is 3.61. The number of aliphatic carboxylic acids is 1. The minimum atomic E-state index is -0.926. The molecule has 2 N–H and O–H groups in total. The van der Waals surface area contributed by atoms with Crippen LogP contribution in [0.3, 0.4) is 0 Å². The average molecular weight is 409 g/mol. The normalized spacial score (nSPS) is 11.9. The Morgan fingerprint density at radius 3 is 2.57 bits per heavy atom. The topological polar surface area (TPSA) is 93.5 Å². The monoisotopic (exact) mass is 409 g/mol. The minimum Gasteiger partial charge on any atom is -0.497 e. The van der Waals surface area contributed by atoms with Gasteiger partial charge in [0.1, 0.15) is 5.75 Å². The van der Waals surface area contributed by atoms with Crippen molar-refractivity contribution < 1.29 is 19.4 Å². The van der Waals surface area contributed by atoms with E-state index in [1.165, 1.54) is 0 Å². The molecule has 7 nitrogen and oxygen atoms in total. The second kappa shape index (κ2) is 9.91. The summed E-state index contributed by atoms with van der Waals surface area (Å²) in [5.74, 6) is -0.770. The molecule has 7 heteroatoms. The molecular weight excluding hydrogens is 382 g/mol. The Bertz CT molecular complexity index is 1010. The fraction of sp³-hybridized carbons (Fsp3) is 0.348. The molecule has 0 aliphatic rings. The highest BCUT2D eigenvalue weighted by atomic mass is 16.5. The number of hydrogen-bond acceptors (Lipinski definition) is 4. The molecule has 0 fully saturated rings. The zero-order chi connectivity index (χ0) is 21.5. The standard InChI is InChI=1S/C23H27N3O4/c1-16-20-6-3-4-7-21(20)26(25-16)13-5-12-24-22(27)14-18(15-23(28)29)17-8-10-19(30-2)11-9-17/h3-4,6-11,18H,5,12-15H2,1-2H3,(H,24,27)(H,28,29). The number of aryl methyl sites for hydroxylation is 2. The zero-order valence-corrected chi connectivity index (χ0v) is 17.3. The number of rotatable bonds is 10. The van der Waals surface area contributed by atoms with E-state index in [1.54, 1.807) is 19.2 Å². The van der Waals surface area contributed by atoms with Gasteiger partial charge in [-0.3, -0.25) is 14.3 Å². The van der Waals surface area contributed by atoms with Gasteiger partial charge in [-0.25, -0.2) is 0 Å². The molecule has 3 aromatic rings. The highest BCUT2D eigenvalue weighted by Crippen LogP contribution is 2.25. The van der Waals surface area contributed by atoms with Gasteiger partial charge in [-0.05, 0) is 37.1 Å². The van der Waals surface area contributed by atoms with Gasteiger partial charge < -0.3 is 15.2 Å². The van der Waals surface area contributed by atoms with Crippen molar-refractivity contribution in [1.29, 1.82) is 0 Å². The Balaban J connectivity index is 1.53. The number of carbonyl (C=O) groups is 2. The van der Waals surface area contributed by atoms with E-state index in [9.17, 15) is 14.7 Å². The van der Waals surface area contributed by atoms with Crippen LogP contribution in [0.5, 0.6) is 5.75 Å². The minimum absolute atomic E-state index is 0.0989. The van der Waals surface area contributed by atoms with Crippen LogP contribution in [0.2, 0.25) is 0 Å². The summed E-state index contributed by atoms with van der Waals surface area (Å²) in [5.41, 5.74) is 2.89. The predicted octanol–water partition coefficient (Wildman–Crippen LogP) is 3.51. The molecule has 1 aromatic heterocycles. The van der Waals surface area contributed by atoms with Crippen molar-refractivity contribution in [2.45, 2.75) is 38.6 Å². The molecule has 1 unspecified atom stereocenters. The van der Waals surface area contributed by atoms with Gasteiger partial charge >= 0.3 is 5.97 Å². The van der Waals surface area contributed by atoms with Crippen LogP contribution in [-0.4, -0.2) is 40.4 Å². The van der Waals surface area contributed by atoms with Gasteiger partial charge in [0.15, 0.2) is 0 Å². The summed E-state index contributed by atoms with van der Waals surface area (Å²) in [7, 11) is 1.57. The average Bonchev–Trinajstić information content (AvgIpc) is 3.06. The molecule has 0 radical (unpaired) electrons. The van der Waals surface area contributed by atoms with Crippen LogP contribution < -0.4 is 10.1 Å². The number of amides is 1. The van der Waals surface area contributed by atoms with Crippen molar-refractivity contribution >= 4 is 22.8 Å². The molecule has 2 aromatic carbocycles. The van der Waals surface area contributed by atoms with Gasteiger partial charge in [0, 0.05) is 30.8 Å². The number of para-hydroxylation sites is 1. The third kappa shape index (κ3) is 5.37. The van der Waals surface area contributed by atoms with Crippen LogP contribution in [0, 0.1) is 6.92 Å². The van der Waals surface area contributed by atoms with Crippen LogP contribution in [0.1, 0.15) is 36.4 Å². The summed E-state index contributed by atoms with van der Waals surface area (Å²) in [6.07, 6.45) is 0.768. The molecule has 0 bridgehead atoms. The zero-order valence-electron chi connectivity index (χ0n) is 17.3. The lowest BCUT2D eigenvalue weighted by molar-refractivity contribution is -0.137. The molecule has 0 spiro atoms. The molecular formula is C23H27N3O4. The summed E-state index contributed by atoms with van der Waals surface area (Å²) in [5, 5.41) is 17.8. The third-order valence-corrected chi connectivity index (χ3v) is 5.15. The first kappa shape index (κ1) is 21.4. The summed E-state index contributed by atoms with van der Waals surface area (Å²) in [6, 6.07) is 15.3. The van der Waals surface area contributed by atoms with Crippen molar-refractivity contribution in [2.75, 3.05) is 13.7 Å². The lowest BCUT2D eigenvalue weighted by Crippen LogP contribution is -2.27. The number of nitrogens with zero attached hydrogens (tertiary/aromatic N) is 2. The number of carboxylic acid groups (broad SMARTS) is 1. The second-order valence-electron chi connectivity index (χ2n) is 7.30. The van der Waals surface area contributed by atoms with Crippen LogP contribution >= 0.6 is 0 Å². The predicted molar refractivity (Wildman–Crippen MR) is 115 cm³/mol. The Labute approximate surface area is 175 Å². The molecule has 3 rings (SSSR count). The SMILES string of the molecule is COc1ccc(C(CC(=O)O)CC(=O)NCCCn2nc(C)c3ccccc32)cc1. The number of ether oxygens (including phenoxy) is 1. The molecule has 30 heavy (non-hydrogen) atoms. The molecule has 1 atom stereocenters. The number of carboxylic acids is 1. The van der Waals surface area contributed by atoms with Crippen molar-refractivity contribution in [1.82, 2.24) is 15.1 Å². The molecule has 1 amide bonds. The van der Waals surface area contributed by atoms with Crippen LogP contribution in [0.4, 0.5) is 0 Å². The van der Waals surface area contributed by atoms with Gasteiger partial charge in [-0.15, -0.1) is 0 Å². The summed E-state index contributed by atoms with van der Waals surface area (Å²) in [4.78, 5) is 23.7. The van der Waals surface area contributed by atoms with Gasteiger partial charge in [0.05, 0.1) is 24.7 Å². The molecule has 158 valence electrons. The van der Waals surface area contributed by atoms with E-state index in [-0.39, 0.29) is 24.7 Å². The van der Waals surface area contributed by atoms with Crippen LogP contribution in [0.15, 0.2) is 48.5 Å².